The third-order valence-electron chi connectivity index (χ3n) is 2.49. The SMILES string of the molecule is CCc1cc(NCc2cccnc2)n(C)n1. The number of hydrogen-bond donors (Lipinski definition) is 1. The quantitative estimate of drug-likeness (QED) is 0.850. The lowest BCUT2D eigenvalue weighted by Gasteiger charge is -2.05. The molecule has 0 saturated heterocycles. The van der Waals surface area contributed by atoms with Gasteiger partial charge in [-0.3, -0.25) is 9.67 Å². The average Bonchev–Trinajstić information content (AvgIpc) is 2.69. The van der Waals surface area contributed by atoms with Gasteiger partial charge < -0.3 is 5.32 Å². The van der Waals surface area contributed by atoms with Crippen LogP contribution in [-0.4, -0.2) is 14.8 Å². The highest BCUT2D eigenvalue weighted by molar-refractivity contribution is 5.37. The number of anilines is 1. The van der Waals surface area contributed by atoms with Crippen LogP contribution in [-0.2, 0) is 20.0 Å². The first-order valence-corrected chi connectivity index (χ1v) is 5.45. The maximum Gasteiger partial charge on any atom is 0.124 e. The van der Waals surface area contributed by atoms with Crippen molar-refractivity contribution in [3.05, 3.63) is 41.9 Å². The van der Waals surface area contributed by atoms with E-state index in [0.29, 0.717) is 0 Å². The van der Waals surface area contributed by atoms with E-state index in [1.807, 2.05) is 24.0 Å². The first-order chi connectivity index (χ1) is 7.79. The Morgan fingerprint density at radius 1 is 1.44 bits per heavy atom. The third kappa shape index (κ3) is 2.39. The third-order valence-corrected chi connectivity index (χ3v) is 2.49. The van der Waals surface area contributed by atoms with E-state index in [-0.39, 0.29) is 0 Å². The summed E-state index contributed by atoms with van der Waals surface area (Å²) in [5.74, 6) is 1.04. The largest absolute Gasteiger partial charge is 0.366 e. The van der Waals surface area contributed by atoms with Gasteiger partial charge in [-0.2, -0.15) is 5.10 Å². The lowest BCUT2D eigenvalue weighted by molar-refractivity contribution is 0.747. The van der Waals surface area contributed by atoms with Gasteiger partial charge in [-0.05, 0) is 18.1 Å². The minimum Gasteiger partial charge on any atom is -0.366 e. The summed E-state index contributed by atoms with van der Waals surface area (Å²) in [5, 5.41) is 7.72. The Kier molecular flexibility index (Phi) is 3.19. The summed E-state index contributed by atoms with van der Waals surface area (Å²) in [6.07, 6.45) is 4.61. The van der Waals surface area contributed by atoms with E-state index in [2.05, 4.69) is 34.5 Å². The fraction of sp³-hybridized carbons (Fsp3) is 0.333. The monoisotopic (exact) mass is 216 g/mol. The van der Waals surface area contributed by atoms with Gasteiger partial charge >= 0.3 is 0 Å². The predicted octanol–water partition coefficient (Wildman–Crippen LogP) is 1.99. The molecule has 0 aliphatic carbocycles. The van der Waals surface area contributed by atoms with Crippen LogP contribution in [0.1, 0.15) is 18.2 Å². The van der Waals surface area contributed by atoms with Crippen LogP contribution < -0.4 is 5.32 Å². The summed E-state index contributed by atoms with van der Waals surface area (Å²) in [6.45, 7) is 2.88. The molecule has 1 N–H and O–H groups in total. The van der Waals surface area contributed by atoms with Gasteiger partial charge in [-0.15, -0.1) is 0 Å². The van der Waals surface area contributed by atoms with E-state index in [9.17, 15) is 0 Å². The van der Waals surface area contributed by atoms with Crippen molar-refractivity contribution in [3.63, 3.8) is 0 Å². The molecule has 0 fully saturated rings. The van der Waals surface area contributed by atoms with Crippen LogP contribution in [0.5, 0.6) is 0 Å². The van der Waals surface area contributed by atoms with Gasteiger partial charge in [-0.1, -0.05) is 13.0 Å². The maximum absolute atomic E-state index is 4.38. The van der Waals surface area contributed by atoms with Crippen LogP contribution >= 0.6 is 0 Å². The molecule has 0 radical (unpaired) electrons. The summed E-state index contributed by atoms with van der Waals surface area (Å²) in [4.78, 5) is 4.08. The molecule has 2 aromatic heterocycles. The van der Waals surface area contributed by atoms with Crippen LogP contribution in [0.3, 0.4) is 0 Å². The zero-order valence-corrected chi connectivity index (χ0v) is 9.64. The lowest BCUT2D eigenvalue weighted by atomic mass is 10.3. The number of aryl methyl sites for hydroxylation is 2. The van der Waals surface area contributed by atoms with Crippen molar-refractivity contribution in [3.8, 4) is 0 Å². The fourth-order valence-corrected chi connectivity index (χ4v) is 1.56. The van der Waals surface area contributed by atoms with Gasteiger partial charge in [0.15, 0.2) is 0 Å². The summed E-state index contributed by atoms with van der Waals surface area (Å²) < 4.78 is 1.87. The molecule has 2 aromatic rings. The first kappa shape index (κ1) is 10.7. The average molecular weight is 216 g/mol. The summed E-state index contributed by atoms with van der Waals surface area (Å²) in [7, 11) is 1.95. The molecule has 0 bridgehead atoms. The molecule has 4 heteroatoms. The normalized spacial score (nSPS) is 10.4. The number of aromatic nitrogens is 3. The topological polar surface area (TPSA) is 42.7 Å². The Hall–Kier alpha value is -1.84. The molecular weight excluding hydrogens is 200 g/mol. The van der Waals surface area contributed by atoms with E-state index in [0.717, 1.165) is 24.5 Å². The van der Waals surface area contributed by atoms with E-state index >= 15 is 0 Å². The van der Waals surface area contributed by atoms with E-state index in [1.54, 1.807) is 6.20 Å². The van der Waals surface area contributed by atoms with Gasteiger partial charge in [0.1, 0.15) is 5.82 Å². The highest BCUT2D eigenvalue weighted by atomic mass is 15.3. The Morgan fingerprint density at radius 3 is 2.94 bits per heavy atom. The molecule has 2 heterocycles. The van der Waals surface area contributed by atoms with Gasteiger partial charge in [0.05, 0.1) is 5.69 Å². The zero-order chi connectivity index (χ0) is 11.4. The zero-order valence-electron chi connectivity index (χ0n) is 9.64. The highest BCUT2D eigenvalue weighted by Crippen LogP contribution is 2.10. The highest BCUT2D eigenvalue weighted by Gasteiger charge is 2.02. The van der Waals surface area contributed by atoms with Gasteiger partial charge in [-0.25, -0.2) is 0 Å². The predicted molar refractivity (Wildman–Crippen MR) is 64.1 cm³/mol. The van der Waals surface area contributed by atoms with Crippen LogP contribution in [0.15, 0.2) is 30.6 Å². The van der Waals surface area contributed by atoms with Crippen LogP contribution in [0.25, 0.3) is 0 Å². The Balaban J connectivity index is 2.02. The van der Waals surface area contributed by atoms with Crippen molar-refractivity contribution in [1.82, 2.24) is 14.8 Å². The maximum atomic E-state index is 4.38. The van der Waals surface area contributed by atoms with E-state index in [1.165, 1.54) is 5.56 Å². The van der Waals surface area contributed by atoms with Crippen molar-refractivity contribution in [2.24, 2.45) is 7.05 Å². The fourth-order valence-electron chi connectivity index (χ4n) is 1.56. The Labute approximate surface area is 95.3 Å². The van der Waals surface area contributed by atoms with E-state index in [4.69, 9.17) is 0 Å². The molecule has 0 atom stereocenters. The second-order valence-electron chi connectivity index (χ2n) is 3.71. The number of hydrogen-bond acceptors (Lipinski definition) is 3. The molecule has 0 aliphatic heterocycles. The summed E-state index contributed by atoms with van der Waals surface area (Å²) in [5.41, 5.74) is 2.28. The molecule has 0 unspecified atom stereocenters. The second kappa shape index (κ2) is 4.79. The second-order valence-corrected chi connectivity index (χ2v) is 3.71. The molecule has 0 amide bonds. The minimum absolute atomic E-state index is 0.774. The van der Waals surface area contributed by atoms with Crippen LogP contribution in [0.2, 0.25) is 0 Å². The molecule has 0 aliphatic rings. The molecular formula is C12H16N4. The minimum atomic E-state index is 0.774. The molecule has 0 aromatic carbocycles. The Morgan fingerprint density at radius 2 is 2.31 bits per heavy atom. The van der Waals surface area contributed by atoms with Gasteiger partial charge in [0, 0.05) is 32.1 Å². The van der Waals surface area contributed by atoms with Gasteiger partial charge in [0.2, 0.25) is 0 Å². The summed E-state index contributed by atoms with van der Waals surface area (Å²) in [6, 6.07) is 6.07. The van der Waals surface area contributed by atoms with Crippen LogP contribution in [0, 0.1) is 0 Å². The lowest BCUT2D eigenvalue weighted by Crippen LogP contribution is -2.04. The number of pyridine rings is 1. The molecule has 4 nitrogen and oxygen atoms in total. The van der Waals surface area contributed by atoms with Crippen molar-refractivity contribution >= 4 is 5.82 Å². The number of rotatable bonds is 4. The number of nitrogens with one attached hydrogen (secondary N) is 1. The molecule has 16 heavy (non-hydrogen) atoms. The molecule has 84 valence electrons. The first-order valence-electron chi connectivity index (χ1n) is 5.45. The van der Waals surface area contributed by atoms with Crippen molar-refractivity contribution in [1.29, 1.82) is 0 Å². The standard InChI is InChI=1S/C12H16N4/c1-3-11-7-12(16(2)15-11)14-9-10-5-4-6-13-8-10/h4-8,14H,3,9H2,1-2H3. The van der Waals surface area contributed by atoms with Crippen molar-refractivity contribution in [2.75, 3.05) is 5.32 Å². The smallest absolute Gasteiger partial charge is 0.124 e. The van der Waals surface area contributed by atoms with Gasteiger partial charge in [0.25, 0.3) is 0 Å². The number of nitrogens with zero attached hydrogens (tertiary/aromatic N) is 3. The van der Waals surface area contributed by atoms with Crippen molar-refractivity contribution < 1.29 is 0 Å². The molecule has 0 spiro atoms. The van der Waals surface area contributed by atoms with Crippen LogP contribution in [0.4, 0.5) is 5.82 Å². The van der Waals surface area contributed by atoms with E-state index < -0.39 is 0 Å². The summed E-state index contributed by atoms with van der Waals surface area (Å²) >= 11 is 0. The van der Waals surface area contributed by atoms with Crippen molar-refractivity contribution in [2.45, 2.75) is 19.9 Å². The Bertz CT molecular complexity index is 447. The molecule has 2 rings (SSSR count). The molecule has 0 saturated carbocycles.